The largest absolute Gasteiger partial charge is 0.391 e. The number of nitrogens with zero attached hydrogens (tertiary/aromatic N) is 7. The van der Waals surface area contributed by atoms with E-state index in [1.165, 1.54) is 68.8 Å². The van der Waals surface area contributed by atoms with E-state index in [9.17, 15) is 24.3 Å². The second kappa shape index (κ2) is 32.9. The van der Waals surface area contributed by atoms with E-state index in [0.717, 1.165) is 16.2 Å². The SMILES string of the molecule is CC(C)C[C@@H]1NC(=O)[C@H](Cc2ccccc2)N(C)C(=O)[C@H](CC(C)C)N(C)C(=O)CN(C)C(=O)C[C@@H](C(=O)N2CCCCC2)NC(=O)[C@H](CC(C)C)N(C)C(=O)[C@H](Cc2ccccc2)N(C)C(=O)[C@H]([C@@H](C)O)NC(=O)[C@H](Cc2ccccc2)N(C)C1=O. The van der Waals surface area contributed by atoms with Crippen LogP contribution in [0.4, 0.5) is 0 Å². The van der Waals surface area contributed by atoms with Crippen molar-refractivity contribution in [3.63, 3.8) is 0 Å². The van der Waals surface area contributed by atoms with Crippen molar-refractivity contribution in [2.45, 2.75) is 167 Å². The number of hydrogen-bond acceptors (Lipinski definition) is 11. The van der Waals surface area contributed by atoms with E-state index in [1.807, 2.05) is 47.6 Å². The standard InChI is InChI=1S/C66H96N10O11/c1-42(2)34-49-62(83)72(10)53(38-47-28-20-15-21-29-47)61(82)69-58(45(7)77)66(87)75(13)55(39-48-30-22-16-23-31-48)65(86)73(11)51(35-43(3)4)59(80)68-50(63(84)76-32-24-17-25-33-76)40-56(78)70(8)41-57(79)71(9)54(36-44(5)6)64(85)74(12)52(60(81)67-49)37-46-26-18-14-19-27-46/h14-16,18-23,26-31,42-45,49-55,58,77H,17,24-25,32-41H2,1-13H3,(H,67,81)(H,68,80)(H,69,82)/t45-,49+,50+,51+,52+,53+,54+,55+,58+/m1/s1. The molecule has 2 aliphatic rings. The summed E-state index contributed by atoms with van der Waals surface area (Å²) in [5, 5.41) is 20.0. The Labute approximate surface area is 514 Å². The minimum Gasteiger partial charge on any atom is -0.391 e. The van der Waals surface area contributed by atoms with Gasteiger partial charge in [-0.3, -0.25) is 47.9 Å². The molecule has 0 radical (unpaired) electrons. The minimum atomic E-state index is -1.69. The van der Waals surface area contributed by atoms with Gasteiger partial charge in [0, 0.05) is 74.6 Å². The minimum absolute atomic E-state index is 0.000945. The lowest BCUT2D eigenvalue weighted by Crippen LogP contribution is -2.63. The maximum atomic E-state index is 15.3. The van der Waals surface area contributed by atoms with Crippen LogP contribution in [0.15, 0.2) is 91.0 Å². The monoisotopic (exact) mass is 1200 g/mol. The molecule has 4 N–H and O–H groups in total. The fourth-order valence-corrected chi connectivity index (χ4v) is 11.3. The fraction of sp³-hybridized carbons (Fsp3) is 0.576. The number of rotatable bonds is 14. The molecule has 0 aliphatic carbocycles. The zero-order valence-corrected chi connectivity index (χ0v) is 53.4. The Morgan fingerprint density at radius 1 is 0.460 bits per heavy atom. The molecular formula is C66H96N10O11. The van der Waals surface area contributed by atoms with Gasteiger partial charge in [0.15, 0.2) is 0 Å². The van der Waals surface area contributed by atoms with E-state index in [-0.39, 0.29) is 56.3 Å². The Hall–Kier alpha value is -7.68. The summed E-state index contributed by atoms with van der Waals surface area (Å²) in [7, 11) is 8.53. The third-order valence-electron chi connectivity index (χ3n) is 16.6. The molecule has 476 valence electrons. The number of amides is 10. The van der Waals surface area contributed by atoms with Gasteiger partial charge in [0.05, 0.1) is 19.1 Å². The molecule has 2 aliphatic heterocycles. The first-order chi connectivity index (χ1) is 41.1. The molecule has 3 aromatic carbocycles. The number of hydrogen-bond donors (Lipinski definition) is 4. The highest BCUT2D eigenvalue weighted by Crippen LogP contribution is 2.23. The van der Waals surface area contributed by atoms with Crippen LogP contribution in [-0.4, -0.2) is 215 Å². The summed E-state index contributed by atoms with van der Waals surface area (Å²) in [5.74, 6) is -7.41. The number of aliphatic hydroxyl groups excluding tert-OH is 1. The molecule has 0 spiro atoms. The van der Waals surface area contributed by atoms with Crippen molar-refractivity contribution in [2.24, 2.45) is 17.8 Å². The summed E-state index contributed by atoms with van der Waals surface area (Å²) >= 11 is 0. The molecule has 87 heavy (non-hydrogen) atoms. The van der Waals surface area contributed by atoms with Crippen LogP contribution >= 0.6 is 0 Å². The Morgan fingerprint density at radius 3 is 1.33 bits per heavy atom. The van der Waals surface area contributed by atoms with Crippen LogP contribution in [0.25, 0.3) is 0 Å². The number of carbonyl (C=O) groups is 10. The highest BCUT2D eigenvalue weighted by Gasteiger charge is 2.43. The molecule has 2 saturated heterocycles. The number of nitrogens with one attached hydrogen (secondary N) is 3. The topological polar surface area (TPSA) is 250 Å². The van der Waals surface area contributed by atoms with Crippen LogP contribution < -0.4 is 16.0 Å². The first-order valence-corrected chi connectivity index (χ1v) is 30.7. The Balaban J connectivity index is 1.70. The van der Waals surface area contributed by atoms with Gasteiger partial charge in [-0.2, -0.15) is 0 Å². The summed E-state index contributed by atoms with van der Waals surface area (Å²) in [6, 6.07) is 16.0. The first-order valence-electron chi connectivity index (χ1n) is 30.7. The Kier molecular flexibility index (Phi) is 26.5. The molecule has 0 unspecified atom stereocenters. The van der Waals surface area contributed by atoms with Gasteiger partial charge in [-0.15, -0.1) is 0 Å². The van der Waals surface area contributed by atoms with Gasteiger partial charge >= 0.3 is 0 Å². The summed E-state index contributed by atoms with van der Waals surface area (Å²) in [6.07, 6.45) is 0.376. The maximum absolute atomic E-state index is 15.3. The molecule has 21 nitrogen and oxygen atoms in total. The van der Waals surface area contributed by atoms with E-state index in [4.69, 9.17) is 0 Å². The van der Waals surface area contributed by atoms with E-state index in [1.54, 1.807) is 89.8 Å². The second-order valence-corrected chi connectivity index (χ2v) is 25.0. The summed E-state index contributed by atoms with van der Waals surface area (Å²) < 4.78 is 0. The zero-order valence-electron chi connectivity index (χ0n) is 53.4. The predicted octanol–water partition coefficient (Wildman–Crippen LogP) is 3.70. The molecule has 5 rings (SSSR count). The molecule has 0 saturated carbocycles. The molecule has 0 aromatic heterocycles. The number of carbonyl (C=O) groups excluding carboxylic acids is 10. The summed E-state index contributed by atoms with van der Waals surface area (Å²) in [4.78, 5) is 158. The quantitative estimate of drug-likeness (QED) is 0.181. The van der Waals surface area contributed by atoms with Crippen LogP contribution in [0, 0.1) is 17.8 Å². The van der Waals surface area contributed by atoms with Crippen LogP contribution in [-0.2, 0) is 67.2 Å². The molecule has 2 fully saturated rings. The van der Waals surface area contributed by atoms with E-state index in [0.29, 0.717) is 42.6 Å². The summed E-state index contributed by atoms with van der Waals surface area (Å²) in [5.41, 5.74) is 1.98. The first kappa shape index (κ1) is 70.1. The Bertz CT molecular complexity index is 2810. The van der Waals surface area contributed by atoms with Crippen molar-refractivity contribution in [3.05, 3.63) is 108 Å². The van der Waals surface area contributed by atoms with Crippen molar-refractivity contribution in [1.29, 1.82) is 0 Å². The molecule has 21 heteroatoms. The number of likely N-dealkylation sites (N-methyl/N-ethyl adjacent to an activating group) is 6. The molecule has 10 amide bonds. The van der Waals surface area contributed by atoms with Crippen molar-refractivity contribution >= 4 is 59.1 Å². The number of aliphatic hydroxyl groups is 1. The molecule has 9 atom stereocenters. The highest BCUT2D eigenvalue weighted by molar-refractivity contribution is 5.99. The smallest absolute Gasteiger partial charge is 0.248 e. The van der Waals surface area contributed by atoms with Gasteiger partial charge in [-0.1, -0.05) is 133 Å². The van der Waals surface area contributed by atoms with Crippen molar-refractivity contribution < 1.29 is 53.1 Å². The van der Waals surface area contributed by atoms with E-state index < -0.39 is 126 Å². The van der Waals surface area contributed by atoms with Crippen molar-refractivity contribution in [1.82, 2.24) is 50.2 Å². The Morgan fingerprint density at radius 2 is 0.862 bits per heavy atom. The third-order valence-corrected chi connectivity index (χ3v) is 16.6. The number of piperidine rings is 1. The van der Waals surface area contributed by atoms with Crippen molar-refractivity contribution in [3.8, 4) is 0 Å². The molecular weight excluding hydrogens is 1110 g/mol. The van der Waals surface area contributed by atoms with E-state index >= 15 is 28.8 Å². The predicted molar refractivity (Wildman–Crippen MR) is 332 cm³/mol. The molecule has 0 bridgehead atoms. The summed E-state index contributed by atoms with van der Waals surface area (Å²) in [6.45, 7) is 12.8. The third kappa shape index (κ3) is 19.7. The number of benzene rings is 3. The normalized spacial score (nSPS) is 24.3. The lowest BCUT2D eigenvalue weighted by molar-refractivity contribution is -0.152. The average molecular weight is 1210 g/mol. The van der Waals surface area contributed by atoms with Gasteiger partial charge < -0.3 is 55.4 Å². The average Bonchev–Trinajstić information content (AvgIpc) is 2.30. The van der Waals surface area contributed by atoms with Gasteiger partial charge in [-0.25, -0.2) is 0 Å². The second-order valence-electron chi connectivity index (χ2n) is 25.0. The van der Waals surface area contributed by atoms with Crippen LogP contribution in [0.3, 0.4) is 0 Å². The van der Waals surface area contributed by atoms with Gasteiger partial charge in [-0.05, 0) is 79.9 Å². The lowest BCUT2D eigenvalue weighted by atomic mass is 9.97. The van der Waals surface area contributed by atoms with Gasteiger partial charge in [0.1, 0.15) is 48.3 Å². The van der Waals surface area contributed by atoms with Gasteiger partial charge in [0.2, 0.25) is 59.1 Å². The molecule has 2 heterocycles. The lowest BCUT2D eigenvalue weighted by Gasteiger charge is -2.38. The van der Waals surface area contributed by atoms with Crippen molar-refractivity contribution in [2.75, 3.05) is 61.9 Å². The number of likely N-dealkylation sites (tertiary alicyclic amines) is 1. The van der Waals surface area contributed by atoms with Crippen LogP contribution in [0.1, 0.15) is 110 Å². The van der Waals surface area contributed by atoms with Crippen LogP contribution in [0.5, 0.6) is 0 Å². The van der Waals surface area contributed by atoms with Gasteiger partial charge in [0.25, 0.3) is 0 Å². The van der Waals surface area contributed by atoms with E-state index in [2.05, 4.69) is 16.0 Å². The van der Waals surface area contributed by atoms with Crippen LogP contribution in [0.2, 0.25) is 0 Å². The highest BCUT2D eigenvalue weighted by atomic mass is 16.3. The zero-order chi connectivity index (χ0) is 64.4. The maximum Gasteiger partial charge on any atom is 0.248 e. The fourth-order valence-electron chi connectivity index (χ4n) is 11.3. The molecule has 3 aromatic rings.